The lowest BCUT2D eigenvalue weighted by atomic mass is 10.1. The number of phenols is 1. The second-order valence-corrected chi connectivity index (χ2v) is 5.44. The van der Waals surface area contributed by atoms with Crippen molar-refractivity contribution < 1.29 is 28.2 Å². The second-order valence-electron chi connectivity index (χ2n) is 5.44. The van der Waals surface area contributed by atoms with Crippen LogP contribution in [0.15, 0.2) is 30.3 Å². The zero-order chi connectivity index (χ0) is 18.4. The number of hydrogen-bond donors (Lipinski definition) is 2. The number of aromatic nitrogens is 3. The van der Waals surface area contributed by atoms with Crippen LogP contribution in [0.5, 0.6) is 5.75 Å². The number of halogens is 3. The molecule has 0 unspecified atom stereocenters. The number of hydrogen-bond acceptors (Lipinski definition) is 4. The van der Waals surface area contributed by atoms with Crippen molar-refractivity contribution in [3.05, 3.63) is 41.6 Å². The highest BCUT2D eigenvalue weighted by Gasteiger charge is 2.35. The topological polar surface area (TPSA) is 88.2 Å². The zero-order valence-corrected chi connectivity index (χ0v) is 12.9. The quantitative estimate of drug-likeness (QED) is 0.756. The van der Waals surface area contributed by atoms with Gasteiger partial charge >= 0.3 is 12.1 Å². The standard InChI is InChI=1S/C16H12F3N3O3/c1-8-14-11(16(17,18)19)6-12(9-2-4-10(23)5-3-9)20-15(14)22(21-8)7-13(24)25/h2-6,23H,7H2,1H3,(H,24,25). The first kappa shape index (κ1) is 16.7. The number of benzene rings is 1. The lowest BCUT2D eigenvalue weighted by molar-refractivity contribution is -0.138. The number of aliphatic carboxylic acids is 1. The lowest BCUT2D eigenvalue weighted by Crippen LogP contribution is -2.12. The van der Waals surface area contributed by atoms with Crippen LogP contribution in [-0.2, 0) is 17.5 Å². The van der Waals surface area contributed by atoms with Crippen molar-refractivity contribution in [1.82, 2.24) is 14.8 Å². The van der Waals surface area contributed by atoms with Crippen LogP contribution < -0.4 is 0 Å². The third-order valence-electron chi connectivity index (χ3n) is 3.63. The van der Waals surface area contributed by atoms with Crippen LogP contribution in [0.25, 0.3) is 22.3 Å². The smallest absolute Gasteiger partial charge is 0.417 e. The van der Waals surface area contributed by atoms with Gasteiger partial charge in [-0.05, 0) is 37.3 Å². The van der Waals surface area contributed by atoms with Gasteiger partial charge in [-0.15, -0.1) is 0 Å². The van der Waals surface area contributed by atoms with Gasteiger partial charge in [-0.3, -0.25) is 4.79 Å². The molecule has 6 nitrogen and oxygen atoms in total. The molecule has 9 heteroatoms. The number of fused-ring (bicyclic) bond motifs is 1. The summed E-state index contributed by atoms with van der Waals surface area (Å²) in [5.74, 6) is -1.28. The van der Waals surface area contributed by atoms with Crippen molar-refractivity contribution >= 4 is 17.0 Å². The first-order chi connectivity index (χ1) is 11.7. The first-order valence-corrected chi connectivity index (χ1v) is 7.13. The normalized spacial score (nSPS) is 11.8. The predicted molar refractivity (Wildman–Crippen MR) is 82.0 cm³/mol. The van der Waals surface area contributed by atoms with Crippen molar-refractivity contribution in [2.75, 3.05) is 0 Å². The van der Waals surface area contributed by atoms with Crippen molar-refractivity contribution in [3.63, 3.8) is 0 Å². The number of aryl methyl sites for hydroxylation is 1. The number of pyridine rings is 1. The van der Waals surface area contributed by atoms with Gasteiger partial charge in [-0.1, -0.05) is 0 Å². The molecule has 3 rings (SSSR count). The second kappa shape index (κ2) is 5.76. The summed E-state index contributed by atoms with van der Waals surface area (Å²) < 4.78 is 41.5. The number of rotatable bonds is 3. The van der Waals surface area contributed by atoms with E-state index in [-0.39, 0.29) is 28.2 Å². The number of nitrogens with zero attached hydrogens (tertiary/aromatic N) is 3. The van der Waals surface area contributed by atoms with E-state index in [0.717, 1.165) is 10.7 Å². The highest BCUT2D eigenvalue weighted by Crippen LogP contribution is 2.38. The Labute approximate surface area is 139 Å². The number of phenolic OH excluding ortho intramolecular Hbond substituents is 1. The number of carboxylic acid groups (broad SMARTS) is 1. The molecular formula is C16H12F3N3O3. The van der Waals surface area contributed by atoms with E-state index in [0.29, 0.717) is 5.56 Å². The van der Waals surface area contributed by atoms with Gasteiger partial charge in [-0.25, -0.2) is 9.67 Å². The van der Waals surface area contributed by atoms with Crippen LogP contribution in [0.1, 0.15) is 11.3 Å². The number of carboxylic acids is 1. The number of alkyl halides is 3. The monoisotopic (exact) mass is 351 g/mol. The fourth-order valence-electron chi connectivity index (χ4n) is 2.60. The number of aromatic hydroxyl groups is 1. The van der Waals surface area contributed by atoms with Crippen molar-refractivity contribution in [3.8, 4) is 17.0 Å². The van der Waals surface area contributed by atoms with Gasteiger partial charge in [0.1, 0.15) is 12.3 Å². The molecule has 2 heterocycles. The molecule has 25 heavy (non-hydrogen) atoms. The SMILES string of the molecule is Cc1nn(CC(=O)O)c2nc(-c3ccc(O)cc3)cc(C(F)(F)F)c12. The molecule has 1 aromatic carbocycles. The summed E-state index contributed by atoms with van der Waals surface area (Å²) >= 11 is 0. The Morgan fingerprint density at radius 1 is 1.24 bits per heavy atom. The van der Waals surface area contributed by atoms with Crippen LogP contribution in [0.2, 0.25) is 0 Å². The maximum Gasteiger partial charge on any atom is 0.417 e. The Morgan fingerprint density at radius 2 is 1.88 bits per heavy atom. The summed E-state index contributed by atoms with van der Waals surface area (Å²) in [6.07, 6.45) is -4.66. The van der Waals surface area contributed by atoms with Crippen molar-refractivity contribution in [1.29, 1.82) is 0 Å². The Hall–Kier alpha value is -3.10. The van der Waals surface area contributed by atoms with Gasteiger partial charge in [0.15, 0.2) is 5.65 Å². The van der Waals surface area contributed by atoms with E-state index in [1.54, 1.807) is 0 Å². The molecule has 0 atom stereocenters. The molecule has 0 spiro atoms. The summed E-state index contributed by atoms with van der Waals surface area (Å²) in [6, 6.07) is 6.40. The van der Waals surface area contributed by atoms with E-state index in [9.17, 15) is 23.1 Å². The molecule has 0 saturated heterocycles. The summed E-state index contributed by atoms with van der Waals surface area (Å²) in [5.41, 5.74) is -0.682. The van der Waals surface area contributed by atoms with E-state index in [4.69, 9.17) is 5.11 Å². The van der Waals surface area contributed by atoms with Gasteiger partial charge in [-0.2, -0.15) is 18.3 Å². The molecule has 0 amide bonds. The average molecular weight is 351 g/mol. The van der Waals surface area contributed by atoms with Crippen LogP contribution in [0.4, 0.5) is 13.2 Å². The zero-order valence-electron chi connectivity index (χ0n) is 12.9. The highest BCUT2D eigenvalue weighted by atomic mass is 19.4. The summed E-state index contributed by atoms with van der Waals surface area (Å²) in [7, 11) is 0. The molecule has 2 N–H and O–H groups in total. The van der Waals surface area contributed by atoms with Crippen LogP contribution >= 0.6 is 0 Å². The summed E-state index contributed by atoms with van der Waals surface area (Å²) in [4.78, 5) is 15.1. The Balaban J connectivity index is 2.32. The predicted octanol–water partition coefficient (Wildman–Crippen LogP) is 3.22. The summed E-state index contributed by atoms with van der Waals surface area (Å²) in [6.45, 7) is 0.769. The molecule has 0 fully saturated rings. The fraction of sp³-hybridized carbons (Fsp3) is 0.188. The van der Waals surface area contributed by atoms with Gasteiger partial charge in [0.25, 0.3) is 0 Å². The molecule has 0 radical (unpaired) electrons. The molecule has 2 aromatic heterocycles. The van der Waals surface area contributed by atoms with E-state index >= 15 is 0 Å². The van der Waals surface area contributed by atoms with Crippen molar-refractivity contribution in [2.45, 2.75) is 19.6 Å². The van der Waals surface area contributed by atoms with Gasteiger partial charge in [0, 0.05) is 5.56 Å². The minimum absolute atomic E-state index is 0.00589. The number of carbonyl (C=O) groups is 1. The molecule has 3 aromatic rings. The van der Waals surface area contributed by atoms with Crippen LogP contribution in [0.3, 0.4) is 0 Å². The summed E-state index contributed by atoms with van der Waals surface area (Å²) in [5, 5.41) is 21.9. The van der Waals surface area contributed by atoms with E-state index < -0.39 is 24.3 Å². The molecule has 0 aliphatic heterocycles. The fourth-order valence-corrected chi connectivity index (χ4v) is 2.60. The minimum atomic E-state index is -4.66. The Morgan fingerprint density at radius 3 is 2.44 bits per heavy atom. The maximum atomic E-state index is 13.5. The first-order valence-electron chi connectivity index (χ1n) is 7.13. The van der Waals surface area contributed by atoms with Gasteiger partial charge < -0.3 is 10.2 Å². The Kier molecular flexibility index (Phi) is 3.86. The van der Waals surface area contributed by atoms with E-state index in [1.807, 2.05) is 0 Å². The van der Waals surface area contributed by atoms with Crippen molar-refractivity contribution in [2.24, 2.45) is 0 Å². The average Bonchev–Trinajstić information content (AvgIpc) is 2.82. The third-order valence-corrected chi connectivity index (χ3v) is 3.63. The van der Waals surface area contributed by atoms with E-state index in [2.05, 4.69) is 10.1 Å². The van der Waals surface area contributed by atoms with Gasteiger partial charge in [0.2, 0.25) is 0 Å². The lowest BCUT2D eigenvalue weighted by Gasteiger charge is -2.11. The molecule has 0 aliphatic rings. The van der Waals surface area contributed by atoms with Gasteiger partial charge in [0.05, 0.1) is 22.3 Å². The maximum absolute atomic E-state index is 13.5. The molecule has 130 valence electrons. The van der Waals surface area contributed by atoms with Crippen LogP contribution in [-0.4, -0.2) is 30.9 Å². The molecule has 0 aliphatic carbocycles. The van der Waals surface area contributed by atoms with Crippen LogP contribution in [0, 0.1) is 6.92 Å². The van der Waals surface area contributed by atoms with E-state index in [1.165, 1.54) is 31.2 Å². The molecule has 0 bridgehead atoms. The molecule has 0 saturated carbocycles. The highest BCUT2D eigenvalue weighted by molar-refractivity contribution is 5.86. The third kappa shape index (κ3) is 3.12. The largest absolute Gasteiger partial charge is 0.508 e. The minimum Gasteiger partial charge on any atom is -0.508 e. The Bertz CT molecular complexity index is 963. The molecular weight excluding hydrogens is 339 g/mol.